The number of furan rings is 2. The zero-order valence-corrected chi connectivity index (χ0v) is 20.6. The number of para-hydroxylation sites is 2. The molecule has 0 aliphatic rings. The van der Waals surface area contributed by atoms with E-state index in [1.165, 1.54) is 0 Å². The predicted octanol–water partition coefficient (Wildman–Crippen LogP) is 10.6. The topological polar surface area (TPSA) is 38.3 Å². The first kappa shape index (κ1) is 17.3. The fraction of sp³-hybridized carbons (Fsp3) is 0. The highest BCUT2D eigenvalue weighted by molar-refractivity contribution is 6.14. The smallest absolute Gasteiger partial charge is 0.158 e. The maximum absolute atomic E-state index is 8.52. The van der Waals surface area contributed by atoms with Crippen molar-refractivity contribution in [2.75, 3.05) is 5.32 Å². The van der Waals surface area contributed by atoms with E-state index in [0.29, 0.717) is 16.7 Å². The Balaban J connectivity index is 1.28. The van der Waals surface area contributed by atoms with Gasteiger partial charge < -0.3 is 14.2 Å². The predicted molar refractivity (Wildman–Crippen MR) is 162 cm³/mol. The minimum atomic E-state index is -0.426. The molecule has 1 N–H and O–H groups in total. The Bertz CT molecular complexity index is 2400. The summed E-state index contributed by atoms with van der Waals surface area (Å²) in [6.45, 7) is 0. The van der Waals surface area contributed by atoms with Crippen LogP contribution >= 0.6 is 0 Å². The van der Waals surface area contributed by atoms with Crippen LogP contribution < -0.4 is 5.32 Å². The maximum Gasteiger partial charge on any atom is 0.158 e. The second kappa shape index (κ2) is 8.64. The monoisotopic (exact) mass is 506 g/mol. The van der Waals surface area contributed by atoms with Gasteiger partial charge in [0.05, 0.1) is 12.5 Å². The normalized spacial score (nSPS) is 13.4. The molecule has 3 heteroatoms. The highest BCUT2D eigenvalue weighted by atomic mass is 16.3. The molecule has 2 heterocycles. The Kier molecular flexibility index (Phi) is 3.83. The summed E-state index contributed by atoms with van der Waals surface area (Å²) in [7, 11) is 0. The van der Waals surface area contributed by atoms with Gasteiger partial charge in [0.1, 0.15) is 16.7 Å². The summed E-state index contributed by atoms with van der Waals surface area (Å²) in [5, 5.41) is 7.20. The van der Waals surface area contributed by atoms with Crippen LogP contribution in [0.5, 0.6) is 0 Å². The van der Waals surface area contributed by atoms with E-state index in [0.717, 1.165) is 55.2 Å². The largest absolute Gasteiger partial charge is 0.456 e. The van der Waals surface area contributed by atoms with Gasteiger partial charge in [0.2, 0.25) is 0 Å². The molecule has 0 atom stereocenters. The molecule has 39 heavy (non-hydrogen) atoms. The van der Waals surface area contributed by atoms with Crippen LogP contribution in [0, 0.1) is 0 Å². The van der Waals surface area contributed by atoms with Gasteiger partial charge in [-0.15, -0.1) is 0 Å². The Morgan fingerprint density at radius 2 is 1.31 bits per heavy atom. The van der Waals surface area contributed by atoms with Gasteiger partial charge >= 0.3 is 0 Å². The summed E-state index contributed by atoms with van der Waals surface area (Å²) in [5.74, 6) is 0. The van der Waals surface area contributed by atoms with Crippen molar-refractivity contribution in [1.29, 1.82) is 0 Å². The number of fused-ring (bicyclic) bond motifs is 6. The fourth-order valence-corrected chi connectivity index (χ4v) is 5.42. The Labute approximate surface area is 231 Å². The third-order valence-electron chi connectivity index (χ3n) is 7.15. The van der Waals surface area contributed by atoms with Crippen molar-refractivity contribution in [3.05, 3.63) is 133 Å². The molecule has 0 radical (unpaired) electrons. The zero-order valence-electron chi connectivity index (χ0n) is 25.6. The van der Waals surface area contributed by atoms with Crippen LogP contribution in [0.4, 0.5) is 11.4 Å². The van der Waals surface area contributed by atoms with Crippen molar-refractivity contribution in [1.82, 2.24) is 0 Å². The van der Waals surface area contributed by atoms with Crippen molar-refractivity contribution >= 4 is 55.3 Å². The van der Waals surface area contributed by atoms with Crippen LogP contribution in [0.25, 0.3) is 66.1 Å². The van der Waals surface area contributed by atoms with E-state index in [-0.39, 0.29) is 29.7 Å². The van der Waals surface area contributed by atoms with Crippen molar-refractivity contribution in [3.8, 4) is 22.3 Å². The average Bonchev–Trinajstić information content (AvgIpc) is 3.63. The number of rotatable bonds is 4. The van der Waals surface area contributed by atoms with Crippen molar-refractivity contribution in [2.24, 2.45) is 0 Å². The molecule has 0 aliphatic heterocycles. The third-order valence-corrected chi connectivity index (χ3v) is 7.15. The number of hydrogen-bond acceptors (Lipinski definition) is 3. The summed E-state index contributed by atoms with van der Waals surface area (Å²) in [6.07, 6.45) is 0. The average molecular weight is 507 g/mol. The highest BCUT2D eigenvalue weighted by Crippen LogP contribution is 2.41. The van der Waals surface area contributed by atoms with Gasteiger partial charge in [-0.2, -0.15) is 0 Å². The van der Waals surface area contributed by atoms with Gasteiger partial charge in [-0.1, -0.05) is 103 Å². The molecule has 0 unspecified atom stereocenters. The van der Waals surface area contributed by atoms with Gasteiger partial charge in [0, 0.05) is 32.8 Å². The molecule has 8 aromatic rings. The maximum atomic E-state index is 8.52. The first-order valence-corrected chi connectivity index (χ1v) is 12.7. The molecule has 0 fully saturated rings. The van der Waals surface area contributed by atoms with Gasteiger partial charge in [-0.3, -0.25) is 0 Å². The van der Waals surface area contributed by atoms with E-state index >= 15 is 0 Å². The van der Waals surface area contributed by atoms with Crippen molar-refractivity contribution in [3.63, 3.8) is 0 Å². The molecule has 8 rings (SSSR count). The van der Waals surface area contributed by atoms with Gasteiger partial charge in [0.15, 0.2) is 5.58 Å². The lowest BCUT2D eigenvalue weighted by molar-refractivity contribution is 0.669. The molecule has 0 amide bonds. The number of benzene rings is 6. The Morgan fingerprint density at radius 3 is 2.18 bits per heavy atom. The van der Waals surface area contributed by atoms with Crippen LogP contribution in [-0.2, 0) is 0 Å². The molecule has 0 saturated carbocycles. The molecule has 3 nitrogen and oxygen atoms in total. The molecule has 0 spiro atoms. The van der Waals surface area contributed by atoms with E-state index in [1.54, 1.807) is 6.07 Å². The third kappa shape index (κ3) is 3.52. The fourth-order valence-electron chi connectivity index (χ4n) is 5.42. The van der Waals surface area contributed by atoms with Gasteiger partial charge in [-0.25, -0.2) is 0 Å². The van der Waals surface area contributed by atoms with Crippen LogP contribution in [0.2, 0.25) is 0 Å². The molecule has 0 bridgehead atoms. The summed E-state index contributed by atoms with van der Waals surface area (Å²) in [4.78, 5) is 0. The lowest BCUT2D eigenvalue weighted by atomic mass is 9.99. The molecule has 6 aromatic carbocycles. The van der Waals surface area contributed by atoms with Gasteiger partial charge in [-0.05, 0) is 47.0 Å². The van der Waals surface area contributed by atoms with E-state index in [1.807, 2.05) is 72.8 Å². The minimum absolute atomic E-state index is 0.113. The first-order chi connectivity index (χ1) is 21.4. The molecule has 0 saturated heterocycles. The lowest BCUT2D eigenvalue weighted by Gasteiger charge is -2.08. The zero-order chi connectivity index (χ0) is 30.1. The Hall–Kier alpha value is -5.28. The number of anilines is 2. The molecule has 2 aromatic heterocycles. The van der Waals surface area contributed by atoms with E-state index in [9.17, 15) is 0 Å². The van der Waals surface area contributed by atoms with E-state index in [4.69, 9.17) is 15.7 Å². The second-order valence-corrected chi connectivity index (χ2v) is 9.45. The highest BCUT2D eigenvalue weighted by Gasteiger charge is 2.16. The Morgan fingerprint density at radius 1 is 0.538 bits per heavy atom. The molecule has 184 valence electrons. The van der Waals surface area contributed by atoms with Crippen LogP contribution in [0.3, 0.4) is 0 Å². The van der Waals surface area contributed by atoms with Crippen LogP contribution in [0.15, 0.2) is 142 Å². The van der Waals surface area contributed by atoms with E-state index < -0.39 is 6.04 Å². The molecule has 0 aliphatic carbocycles. The molecular formula is C36H23NO2. The van der Waals surface area contributed by atoms with E-state index in [2.05, 4.69) is 29.6 Å². The van der Waals surface area contributed by atoms with Crippen molar-refractivity contribution < 1.29 is 15.7 Å². The SMILES string of the molecule is [2H]c1c([2H])c([2H])c(-c2cccc3c2oc2c(Nc4ccc5oc6cccc(-c7ccccc7)c6c5c4)cccc23)c([2H])c1[2H]. The van der Waals surface area contributed by atoms with Gasteiger partial charge in [0.25, 0.3) is 0 Å². The van der Waals surface area contributed by atoms with Crippen LogP contribution in [0.1, 0.15) is 6.85 Å². The summed E-state index contributed by atoms with van der Waals surface area (Å²) < 4.78 is 54.0. The molecular weight excluding hydrogens is 478 g/mol. The quantitative estimate of drug-likeness (QED) is 0.258. The van der Waals surface area contributed by atoms with Crippen LogP contribution in [-0.4, -0.2) is 0 Å². The summed E-state index contributed by atoms with van der Waals surface area (Å²) in [5.41, 5.74) is 7.02. The number of nitrogens with one attached hydrogen (secondary N) is 1. The minimum Gasteiger partial charge on any atom is -0.456 e. The second-order valence-electron chi connectivity index (χ2n) is 9.45. The number of hydrogen-bond donors (Lipinski definition) is 1. The standard InChI is InChI=1S/C36H23NO2/c1-3-10-23(11-4-1)26-14-9-19-33-34(26)30-22-25(20-21-32(30)38-33)37-31-18-8-17-29-28-16-7-15-27(35(28)39-36(29)31)24-12-5-2-6-13-24/h1-22,37H/i2D,5D,6D,12D,13D. The summed E-state index contributed by atoms with van der Waals surface area (Å²) >= 11 is 0. The summed E-state index contributed by atoms with van der Waals surface area (Å²) in [6, 6.07) is 31.9. The lowest BCUT2D eigenvalue weighted by Crippen LogP contribution is -1.90. The van der Waals surface area contributed by atoms with Crippen molar-refractivity contribution in [2.45, 2.75) is 0 Å². The first-order valence-electron chi connectivity index (χ1n) is 15.2.